The maximum absolute atomic E-state index is 11.6. The molecule has 0 aliphatic heterocycles. The molecule has 6 nitrogen and oxygen atoms in total. The Morgan fingerprint density at radius 3 is 2.26 bits per heavy atom. The molecule has 0 saturated heterocycles. The summed E-state index contributed by atoms with van der Waals surface area (Å²) in [6.45, 7) is 7.35. The van der Waals surface area contributed by atoms with Crippen molar-refractivity contribution in [1.29, 1.82) is 0 Å². The van der Waals surface area contributed by atoms with Crippen molar-refractivity contribution in [3.05, 3.63) is 18.2 Å². The number of aromatic hydroxyl groups is 2. The Kier molecular flexibility index (Phi) is 5.95. The largest absolute Gasteiger partial charge is 0.508 e. The summed E-state index contributed by atoms with van der Waals surface area (Å²) < 4.78 is 0. The summed E-state index contributed by atoms with van der Waals surface area (Å²) in [5.74, 6) is -0.197. The molecule has 0 unspecified atom stereocenters. The van der Waals surface area contributed by atoms with E-state index in [9.17, 15) is 15.0 Å². The van der Waals surface area contributed by atoms with Gasteiger partial charge in [-0.2, -0.15) is 0 Å². The number of anilines is 1. The maximum Gasteiger partial charge on any atom is 0.319 e. The lowest BCUT2D eigenvalue weighted by molar-refractivity contribution is 0.248. The van der Waals surface area contributed by atoms with Crippen molar-refractivity contribution in [3.63, 3.8) is 0 Å². The van der Waals surface area contributed by atoms with E-state index < -0.39 is 0 Å². The van der Waals surface area contributed by atoms with Gasteiger partial charge in [0.05, 0.1) is 0 Å². The van der Waals surface area contributed by atoms with Crippen LogP contribution in [-0.2, 0) is 0 Å². The van der Waals surface area contributed by atoms with Crippen LogP contribution in [0, 0.1) is 0 Å². The first-order chi connectivity index (χ1) is 9.05. The molecule has 0 spiro atoms. The molecule has 0 heterocycles. The number of carbonyl (C=O) groups excluding carboxylic acids is 1. The van der Waals surface area contributed by atoms with Crippen LogP contribution >= 0.6 is 0 Å². The number of phenolic OH excluding ortho intramolecular Hbond substituents is 2. The molecule has 4 N–H and O–H groups in total. The summed E-state index contributed by atoms with van der Waals surface area (Å²) in [7, 11) is 0. The van der Waals surface area contributed by atoms with Crippen molar-refractivity contribution < 1.29 is 15.0 Å². The summed E-state index contributed by atoms with van der Waals surface area (Å²) >= 11 is 0. The first kappa shape index (κ1) is 15.1. The molecule has 0 radical (unpaired) electrons. The Morgan fingerprint density at radius 2 is 1.74 bits per heavy atom. The number of rotatable bonds is 6. The Hall–Kier alpha value is -1.95. The molecule has 2 amide bonds. The highest BCUT2D eigenvalue weighted by Gasteiger charge is 2.05. The maximum atomic E-state index is 11.6. The van der Waals surface area contributed by atoms with E-state index >= 15 is 0 Å². The molecule has 1 rings (SSSR count). The van der Waals surface area contributed by atoms with Crippen LogP contribution in [0.25, 0.3) is 0 Å². The van der Waals surface area contributed by atoms with E-state index in [4.69, 9.17) is 0 Å². The summed E-state index contributed by atoms with van der Waals surface area (Å²) in [6.07, 6.45) is 0. The molecule has 0 aliphatic rings. The SMILES string of the molecule is CCN(CC)CCNC(=O)Nc1cc(O)cc(O)c1. The van der Waals surface area contributed by atoms with Crippen LogP contribution < -0.4 is 10.6 Å². The predicted octanol–water partition coefficient (Wildman–Crippen LogP) is 1.56. The second-order valence-electron chi connectivity index (χ2n) is 4.15. The van der Waals surface area contributed by atoms with E-state index in [1.165, 1.54) is 18.2 Å². The van der Waals surface area contributed by atoms with Crippen molar-refractivity contribution in [1.82, 2.24) is 10.2 Å². The Bertz CT molecular complexity index is 399. The van der Waals surface area contributed by atoms with Gasteiger partial charge in [0, 0.05) is 37.0 Å². The second kappa shape index (κ2) is 7.48. The van der Waals surface area contributed by atoms with Crippen LogP contribution in [0.4, 0.5) is 10.5 Å². The summed E-state index contributed by atoms with van der Waals surface area (Å²) in [4.78, 5) is 13.8. The highest BCUT2D eigenvalue weighted by atomic mass is 16.3. The zero-order chi connectivity index (χ0) is 14.3. The van der Waals surface area contributed by atoms with E-state index in [0.717, 1.165) is 19.6 Å². The third-order valence-electron chi connectivity index (χ3n) is 2.77. The smallest absolute Gasteiger partial charge is 0.319 e. The molecule has 0 fully saturated rings. The number of hydrogen-bond donors (Lipinski definition) is 4. The molecular formula is C13H21N3O3. The van der Waals surface area contributed by atoms with Gasteiger partial charge in [-0.15, -0.1) is 0 Å². The highest BCUT2D eigenvalue weighted by molar-refractivity contribution is 5.89. The molecule has 0 aliphatic carbocycles. The molecule has 106 valence electrons. The van der Waals surface area contributed by atoms with Crippen molar-refractivity contribution in [2.24, 2.45) is 0 Å². The fourth-order valence-electron chi connectivity index (χ4n) is 1.71. The summed E-state index contributed by atoms with van der Waals surface area (Å²) in [6, 6.07) is 3.56. The molecule has 0 atom stereocenters. The van der Waals surface area contributed by atoms with E-state index in [0.29, 0.717) is 12.2 Å². The number of carbonyl (C=O) groups is 1. The molecular weight excluding hydrogens is 246 g/mol. The van der Waals surface area contributed by atoms with Gasteiger partial charge in [-0.3, -0.25) is 0 Å². The van der Waals surface area contributed by atoms with Gasteiger partial charge in [0.2, 0.25) is 0 Å². The normalized spacial score (nSPS) is 10.5. The Labute approximate surface area is 113 Å². The van der Waals surface area contributed by atoms with Gasteiger partial charge in [-0.05, 0) is 13.1 Å². The second-order valence-corrected chi connectivity index (χ2v) is 4.15. The number of likely N-dealkylation sites (N-methyl/N-ethyl adjacent to an activating group) is 1. The quantitative estimate of drug-likeness (QED) is 0.630. The minimum atomic E-state index is -0.364. The lowest BCUT2D eigenvalue weighted by Crippen LogP contribution is -2.36. The highest BCUT2D eigenvalue weighted by Crippen LogP contribution is 2.23. The lowest BCUT2D eigenvalue weighted by Gasteiger charge is -2.18. The summed E-state index contributed by atoms with van der Waals surface area (Å²) in [5.41, 5.74) is 0.345. The molecule has 0 saturated carbocycles. The van der Waals surface area contributed by atoms with E-state index in [-0.39, 0.29) is 17.5 Å². The summed E-state index contributed by atoms with van der Waals surface area (Å²) in [5, 5.41) is 23.8. The minimum Gasteiger partial charge on any atom is -0.508 e. The van der Waals surface area contributed by atoms with Crippen molar-refractivity contribution in [2.45, 2.75) is 13.8 Å². The fourth-order valence-corrected chi connectivity index (χ4v) is 1.71. The van der Waals surface area contributed by atoms with Gasteiger partial charge in [0.15, 0.2) is 0 Å². The number of nitrogens with one attached hydrogen (secondary N) is 2. The monoisotopic (exact) mass is 267 g/mol. The number of benzene rings is 1. The number of phenols is 2. The van der Waals surface area contributed by atoms with Gasteiger partial charge in [-0.1, -0.05) is 13.8 Å². The molecule has 0 bridgehead atoms. The number of urea groups is 1. The van der Waals surface area contributed by atoms with Crippen LogP contribution in [0.2, 0.25) is 0 Å². The fraction of sp³-hybridized carbons (Fsp3) is 0.462. The van der Waals surface area contributed by atoms with Crippen LogP contribution in [0.15, 0.2) is 18.2 Å². The molecule has 6 heteroatoms. The standard InChI is InChI=1S/C13H21N3O3/c1-3-16(4-2)6-5-14-13(19)15-10-7-11(17)9-12(18)8-10/h7-9,17-18H,3-6H2,1-2H3,(H2,14,15,19). The van der Waals surface area contributed by atoms with Crippen molar-refractivity contribution in [2.75, 3.05) is 31.5 Å². The zero-order valence-electron chi connectivity index (χ0n) is 11.3. The third-order valence-corrected chi connectivity index (χ3v) is 2.77. The predicted molar refractivity (Wildman–Crippen MR) is 74.6 cm³/mol. The van der Waals surface area contributed by atoms with Crippen molar-refractivity contribution in [3.8, 4) is 11.5 Å². The zero-order valence-corrected chi connectivity index (χ0v) is 11.3. The van der Waals surface area contributed by atoms with E-state index in [2.05, 4.69) is 29.4 Å². The van der Waals surface area contributed by atoms with Crippen LogP contribution in [0.1, 0.15) is 13.8 Å². The lowest BCUT2D eigenvalue weighted by atomic mass is 10.3. The van der Waals surface area contributed by atoms with Crippen LogP contribution in [-0.4, -0.2) is 47.3 Å². The average Bonchev–Trinajstić information content (AvgIpc) is 2.33. The molecule has 0 aromatic heterocycles. The first-order valence-electron chi connectivity index (χ1n) is 6.35. The minimum absolute atomic E-state index is 0.0987. The Morgan fingerprint density at radius 1 is 1.16 bits per heavy atom. The van der Waals surface area contributed by atoms with Gasteiger partial charge in [0.1, 0.15) is 11.5 Å². The van der Waals surface area contributed by atoms with Gasteiger partial charge < -0.3 is 25.7 Å². The molecule has 1 aromatic rings. The third kappa shape index (κ3) is 5.48. The van der Waals surface area contributed by atoms with E-state index in [1.54, 1.807) is 0 Å². The number of hydrogen-bond acceptors (Lipinski definition) is 4. The van der Waals surface area contributed by atoms with Gasteiger partial charge in [0.25, 0.3) is 0 Å². The average molecular weight is 267 g/mol. The van der Waals surface area contributed by atoms with Gasteiger partial charge >= 0.3 is 6.03 Å². The number of amides is 2. The number of nitrogens with zero attached hydrogens (tertiary/aromatic N) is 1. The first-order valence-corrected chi connectivity index (χ1v) is 6.35. The van der Waals surface area contributed by atoms with Gasteiger partial charge in [-0.25, -0.2) is 4.79 Å². The topological polar surface area (TPSA) is 84.8 Å². The molecule has 19 heavy (non-hydrogen) atoms. The molecule has 1 aromatic carbocycles. The van der Waals surface area contributed by atoms with Crippen LogP contribution in [0.3, 0.4) is 0 Å². The van der Waals surface area contributed by atoms with Crippen molar-refractivity contribution >= 4 is 11.7 Å². The van der Waals surface area contributed by atoms with E-state index in [1.807, 2.05) is 0 Å². The van der Waals surface area contributed by atoms with Crippen LogP contribution in [0.5, 0.6) is 11.5 Å². The Balaban J connectivity index is 2.38.